The number of nitrogens with one attached hydrogen (secondary N) is 1. The average molecular weight is 310 g/mol. The van der Waals surface area contributed by atoms with Gasteiger partial charge in [0.25, 0.3) is 0 Å². The highest BCUT2D eigenvalue weighted by Gasteiger charge is 2.22. The second-order valence-corrected chi connectivity index (χ2v) is 5.48. The number of aromatic hydroxyl groups is 1. The van der Waals surface area contributed by atoms with Crippen molar-refractivity contribution in [1.82, 2.24) is 9.61 Å². The van der Waals surface area contributed by atoms with Crippen molar-refractivity contribution in [3.8, 4) is 5.75 Å². The molecule has 2 aromatic heterocycles. The van der Waals surface area contributed by atoms with Gasteiger partial charge in [0, 0.05) is 25.0 Å². The lowest BCUT2D eigenvalue weighted by Gasteiger charge is -2.27. The van der Waals surface area contributed by atoms with Gasteiger partial charge in [-0.1, -0.05) is 18.2 Å². The van der Waals surface area contributed by atoms with Crippen molar-refractivity contribution in [3.63, 3.8) is 0 Å². The predicted molar refractivity (Wildman–Crippen MR) is 89.6 cm³/mol. The van der Waals surface area contributed by atoms with Crippen molar-refractivity contribution in [2.75, 3.05) is 36.5 Å². The van der Waals surface area contributed by atoms with E-state index in [9.17, 15) is 5.11 Å². The van der Waals surface area contributed by atoms with Gasteiger partial charge in [-0.2, -0.15) is 0 Å². The molecule has 1 aromatic carbocycles. The Morgan fingerprint density at radius 3 is 2.61 bits per heavy atom. The largest absolute Gasteiger partial charge is 0.506 e. The number of pyridine rings is 1. The van der Waals surface area contributed by atoms with E-state index in [1.165, 1.54) is 0 Å². The lowest BCUT2D eigenvalue weighted by molar-refractivity contribution is 0.122. The van der Waals surface area contributed by atoms with E-state index in [0.29, 0.717) is 18.7 Å². The molecule has 2 N–H and O–H groups in total. The number of hydrogen-bond acceptors (Lipinski definition) is 5. The molecule has 0 saturated carbocycles. The van der Waals surface area contributed by atoms with Crippen molar-refractivity contribution in [2.24, 2.45) is 0 Å². The number of morpholine rings is 1. The zero-order valence-corrected chi connectivity index (χ0v) is 12.6. The molecule has 0 radical (unpaired) electrons. The third kappa shape index (κ3) is 2.57. The number of benzene rings is 1. The van der Waals surface area contributed by atoms with E-state index >= 15 is 0 Å². The molecule has 118 valence electrons. The Morgan fingerprint density at radius 2 is 1.83 bits per heavy atom. The molecule has 0 atom stereocenters. The maximum atomic E-state index is 10.3. The fraction of sp³-hybridized carbons (Fsp3) is 0.235. The van der Waals surface area contributed by atoms with Crippen LogP contribution >= 0.6 is 0 Å². The molecule has 6 heteroatoms. The molecular formula is C17H18N4O2. The van der Waals surface area contributed by atoms with Gasteiger partial charge in [-0.3, -0.25) is 0 Å². The molecule has 0 amide bonds. The van der Waals surface area contributed by atoms with E-state index < -0.39 is 0 Å². The summed E-state index contributed by atoms with van der Waals surface area (Å²) in [4.78, 5) is 2.18. The van der Waals surface area contributed by atoms with E-state index in [1.54, 1.807) is 16.6 Å². The molecular weight excluding hydrogens is 292 g/mol. The van der Waals surface area contributed by atoms with Crippen molar-refractivity contribution >= 4 is 22.7 Å². The fourth-order valence-corrected chi connectivity index (χ4v) is 2.85. The minimum Gasteiger partial charge on any atom is -0.506 e. The van der Waals surface area contributed by atoms with Gasteiger partial charge in [-0.25, -0.2) is 4.52 Å². The monoisotopic (exact) mass is 310 g/mol. The Hall–Kier alpha value is -2.73. The smallest absolute Gasteiger partial charge is 0.175 e. The number of fused-ring (bicyclic) bond motifs is 1. The Bertz CT molecular complexity index is 810. The highest BCUT2D eigenvalue weighted by atomic mass is 16.5. The molecule has 3 aromatic rings. The van der Waals surface area contributed by atoms with E-state index in [4.69, 9.17) is 4.74 Å². The number of ether oxygens (including phenoxy) is 1. The minimum atomic E-state index is 0.206. The third-order valence-electron chi connectivity index (χ3n) is 3.97. The van der Waals surface area contributed by atoms with Crippen LogP contribution in [0.1, 0.15) is 0 Å². The van der Waals surface area contributed by atoms with Crippen LogP contribution in [0.5, 0.6) is 5.75 Å². The first-order valence-electron chi connectivity index (χ1n) is 7.68. The summed E-state index contributed by atoms with van der Waals surface area (Å²) in [5, 5.41) is 18.4. The summed E-state index contributed by atoms with van der Waals surface area (Å²) >= 11 is 0. The predicted octanol–water partition coefficient (Wildman–Crippen LogP) is 2.62. The van der Waals surface area contributed by atoms with Gasteiger partial charge in [-0.05, 0) is 24.3 Å². The van der Waals surface area contributed by atoms with Crippen LogP contribution in [0.15, 0.2) is 48.7 Å². The van der Waals surface area contributed by atoms with Gasteiger partial charge in [0.15, 0.2) is 5.82 Å². The number of rotatable bonds is 3. The summed E-state index contributed by atoms with van der Waals surface area (Å²) in [6.07, 6.45) is 1.84. The van der Waals surface area contributed by atoms with E-state index in [0.717, 1.165) is 30.3 Å². The van der Waals surface area contributed by atoms with Crippen LogP contribution in [0.3, 0.4) is 0 Å². The third-order valence-corrected chi connectivity index (χ3v) is 3.97. The summed E-state index contributed by atoms with van der Waals surface area (Å²) in [5.41, 5.74) is 2.45. The zero-order valence-electron chi connectivity index (χ0n) is 12.6. The van der Waals surface area contributed by atoms with Gasteiger partial charge >= 0.3 is 0 Å². The van der Waals surface area contributed by atoms with Crippen LogP contribution in [0.4, 0.5) is 17.2 Å². The normalized spacial score (nSPS) is 15.0. The number of aromatic nitrogens is 2. The Morgan fingerprint density at radius 1 is 1.04 bits per heavy atom. The average Bonchev–Trinajstić information content (AvgIpc) is 2.96. The van der Waals surface area contributed by atoms with Crippen molar-refractivity contribution < 1.29 is 9.84 Å². The van der Waals surface area contributed by atoms with Crippen molar-refractivity contribution in [1.29, 1.82) is 0 Å². The Kier molecular flexibility index (Phi) is 3.51. The van der Waals surface area contributed by atoms with Gasteiger partial charge in [0.05, 0.1) is 13.2 Å². The molecule has 4 rings (SSSR count). The van der Waals surface area contributed by atoms with Crippen LogP contribution in [0, 0.1) is 0 Å². The Labute approximate surface area is 133 Å². The van der Waals surface area contributed by atoms with Crippen LogP contribution in [-0.4, -0.2) is 41.0 Å². The summed E-state index contributed by atoms with van der Waals surface area (Å²) < 4.78 is 7.14. The van der Waals surface area contributed by atoms with Gasteiger partial charge in [0.2, 0.25) is 0 Å². The van der Waals surface area contributed by atoms with Crippen molar-refractivity contribution in [3.05, 3.63) is 48.7 Å². The Balaban J connectivity index is 1.84. The molecule has 0 spiro atoms. The second kappa shape index (κ2) is 5.81. The van der Waals surface area contributed by atoms with Crippen LogP contribution < -0.4 is 10.2 Å². The topological polar surface area (TPSA) is 62.0 Å². The van der Waals surface area contributed by atoms with Gasteiger partial charge < -0.3 is 20.1 Å². The molecule has 6 nitrogen and oxygen atoms in total. The number of hydrogen-bond donors (Lipinski definition) is 2. The summed E-state index contributed by atoms with van der Waals surface area (Å²) in [7, 11) is 0. The van der Waals surface area contributed by atoms with Crippen LogP contribution in [0.2, 0.25) is 0 Å². The van der Waals surface area contributed by atoms with Crippen LogP contribution in [-0.2, 0) is 4.74 Å². The lowest BCUT2D eigenvalue weighted by atomic mass is 10.2. The second-order valence-electron chi connectivity index (χ2n) is 5.48. The van der Waals surface area contributed by atoms with E-state index in [2.05, 4.69) is 15.3 Å². The lowest BCUT2D eigenvalue weighted by Crippen LogP contribution is -2.36. The highest BCUT2D eigenvalue weighted by Crippen LogP contribution is 2.36. The number of anilines is 3. The molecule has 23 heavy (non-hydrogen) atoms. The number of para-hydroxylation sites is 1. The molecule has 0 bridgehead atoms. The zero-order chi connectivity index (χ0) is 15.6. The molecule has 1 saturated heterocycles. The molecule has 1 fully saturated rings. The van der Waals surface area contributed by atoms with Gasteiger partial charge in [-0.15, -0.1) is 5.10 Å². The van der Waals surface area contributed by atoms with Gasteiger partial charge in [0.1, 0.15) is 17.0 Å². The van der Waals surface area contributed by atoms with Crippen LogP contribution in [0.25, 0.3) is 5.52 Å². The minimum absolute atomic E-state index is 0.206. The molecule has 3 heterocycles. The summed E-state index contributed by atoms with van der Waals surface area (Å²) in [5.74, 6) is 1.04. The first-order valence-corrected chi connectivity index (χ1v) is 7.68. The molecule has 0 aliphatic carbocycles. The van der Waals surface area contributed by atoms with E-state index in [-0.39, 0.29) is 5.75 Å². The SMILES string of the molecule is Oc1cccn2nc(N3CCOCC3)c(Nc3ccccc3)c12. The molecule has 1 aliphatic rings. The standard InChI is InChI=1S/C17H18N4O2/c22-14-7-4-8-21-16(14)15(18-13-5-2-1-3-6-13)17(19-21)20-9-11-23-12-10-20/h1-8,18,22H,9-12H2. The fourth-order valence-electron chi connectivity index (χ4n) is 2.85. The quantitative estimate of drug-likeness (QED) is 0.778. The number of nitrogens with zero attached hydrogens (tertiary/aromatic N) is 3. The maximum Gasteiger partial charge on any atom is 0.175 e. The summed E-state index contributed by atoms with van der Waals surface area (Å²) in [6.45, 7) is 2.94. The van der Waals surface area contributed by atoms with Crippen molar-refractivity contribution in [2.45, 2.75) is 0 Å². The maximum absolute atomic E-state index is 10.3. The highest BCUT2D eigenvalue weighted by molar-refractivity contribution is 5.90. The summed E-state index contributed by atoms with van der Waals surface area (Å²) in [6, 6.07) is 13.4. The van der Waals surface area contributed by atoms with E-state index in [1.807, 2.05) is 36.5 Å². The molecule has 1 aliphatic heterocycles. The first kappa shape index (κ1) is 13.9. The molecule has 0 unspecified atom stereocenters. The first-order chi connectivity index (χ1) is 11.3.